The van der Waals surface area contributed by atoms with E-state index in [9.17, 15) is 0 Å². The lowest BCUT2D eigenvalue weighted by molar-refractivity contribution is 0.415. The fraction of sp³-hybridized carbons (Fsp3) is 0.400. The maximum Gasteiger partial charge on any atom is 0.119 e. The number of pyridine rings is 1. The van der Waals surface area contributed by atoms with Gasteiger partial charge in [-0.15, -0.1) is 0 Å². The number of aromatic nitrogens is 1. The molecule has 0 aliphatic carbocycles. The molecular weight excluding hydrogens is 224 g/mol. The average Bonchev–Trinajstić information content (AvgIpc) is 2.38. The van der Waals surface area contributed by atoms with Crippen molar-refractivity contribution in [2.24, 2.45) is 0 Å². The van der Waals surface area contributed by atoms with Crippen LogP contribution in [0.15, 0.2) is 18.2 Å². The second kappa shape index (κ2) is 5.25. The van der Waals surface area contributed by atoms with E-state index in [-0.39, 0.29) is 0 Å². The maximum absolute atomic E-state index is 5.32. The number of hydrogen-bond acceptors (Lipinski definition) is 3. The van der Waals surface area contributed by atoms with Crippen molar-refractivity contribution < 1.29 is 4.74 Å². The smallest absolute Gasteiger partial charge is 0.119 e. The van der Waals surface area contributed by atoms with Gasteiger partial charge >= 0.3 is 0 Å². The minimum Gasteiger partial charge on any atom is -0.497 e. The Balaban J connectivity index is 2.70. The van der Waals surface area contributed by atoms with Gasteiger partial charge in [0.25, 0.3) is 0 Å². The van der Waals surface area contributed by atoms with Crippen LogP contribution in [0, 0.1) is 6.92 Å². The van der Waals surface area contributed by atoms with Crippen LogP contribution in [0.4, 0.5) is 5.69 Å². The molecule has 0 atom stereocenters. The van der Waals surface area contributed by atoms with Gasteiger partial charge in [0.05, 0.1) is 12.6 Å². The topological polar surface area (TPSA) is 34.1 Å². The lowest BCUT2D eigenvalue weighted by Gasteiger charge is -2.12. The molecule has 0 aliphatic rings. The van der Waals surface area contributed by atoms with Gasteiger partial charge in [0.1, 0.15) is 5.75 Å². The third-order valence-corrected chi connectivity index (χ3v) is 3.14. The SMILES string of the molecule is CCCc1cc(NC)c2cc(OC)cc(C)c2n1. The molecule has 96 valence electrons. The van der Waals surface area contributed by atoms with Crippen molar-refractivity contribution in [3.05, 3.63) is 29.5 Å². The second-order valence-electron chi connectivity index (χ2n) is 4.50. The first-order chi connectivity index (χ1) is 8.69. The molecule has 1 N–H and O–H groups in total. The zero-order valence-electron chi connectivity index (χ0n) is 11.5. The molecule has 2 rings (SSSR count). The largest absolute Gasteiger partial charge is 0.497 e. The molecule has 3 nitrogen and oxygen atoms in total. The van der Waals surface area contributed by atoms with Gasteiger partial charge < -0.3 is 10.1 Å². The summed E-state index contributed by atoms with van der Waals surface area (Å²) in [5, 5.41) is 4.37. The van der Waals surface area contributed by atoms with Crippen LogP contribution in [-0.4, -0.2) is 19.1 Å². The fourth-order valence-electron chi connectivity index (χ4n) is 2.23. The summed E-state index contributed by atoms with van der Waals surface area (Å²) in [7, 11) is 3.64. The summed E-state index contributed by atoms with van der Waals surface area (Å²) in [6, 6.07) is 6.20. The lowest BCUT2D eigenvalue weighted by Crippen LogP contribution is -1.98. The van der Waals surface area contributed by atoms with Crippen molar-refractivity contribution in [3.8, 4) is 5.75 Å². The first kappa shape index (κ1) is 12.7. The molecule has 18 heavy (non-hydrogen) atoms. The highest BCUT2D eigenvalue weighted by Gasteiger charge is 2.09. The number of anilines is 1. The van der Waals surface area contributed by atoms with E-state index in [1.807, 2.05) is 19.2 Å². The van der Waals surface area contributed by atoms with E-state index in [0.717, 1.165) is 46.4 Å². The van der Waals surface area contributed by atoms with Gasteiger partial charge in [0.15, 0.2) is 0 Å². The van der Waals surface area contributed by atoms with E-state index in [4.69, 9.17) is 9.72 Å². The van der Waals surface area contributed by atoms with Gasteiger partial charge in [-0.3, -0.25) is 4.98 Å². The summed E-state index contributed by atoms with van der Waals surface area (Å²) in [5.41, 5.74) is 4.47. The fourth-order valence-corrected chi connectivity index (χ4v) is 2.23. The summed E-state index contributed by atoms with van der Waals surface area (Å²) in [6.07, 6.45) is 2.12. The van der Waals surface area contributed by atoms with E-state index in [2.05, 4.69) is 25.2 Å². The first-order valence-electron chi connectivity index (χ1n) is 6.35. The van der Waals surface area contributed by atoms with Crippen LogP contribution in [-0.2, 0) is 6.42 Å². The summed E-state index contributed by atoms with van der Waals surface area (Å²) >= 11 is 0. The molecule has 0 aliphatic heterocycles. The van der Waals surface area contributed by atoms with Crippen molar-refractivity contribution >= 4 is 16.6 Å². The minimum atomic E-state index is 0.876. The standard InChI is InChI=1S/C15H20N2O/c1-5-6-11-8-14(16-3)13-9-12(18-4)7-10(2)15(13)17-11/h7-9H,5-6H2,1-4H3,(H,16,17). The maximum atomic E-state index is 5.32. The van der Waals surface area contributed by atoms with Crippen LogP contribution in [0.2, 0.25) is 0 Å². The molecule has 0 unspecified atom stereocenters. The predicted octanol–water partition coefficient (Wildman–Crippen LogP) is 3.55. The highest BCUT2D eigenvalue weighted by atomic mass is 16.5. The first-order valence-corrected chi connectivity index (χ1v) is 6.35. The molecule has 3 heteroatoms. The molecule has 0 spiro atoms. The van der Waals surface area contributed by atoms with Gasteiger partial charge in [-0.25, -0.2) is 0 Å². The lowest BCUT2D eigenvalue weighted by atomic mass is 10.1. The van der Waals surface area contributed by atoms with Gasteiger partial charge in [-0.1, -0.05) is 13.3 Å². The highest BCUT2D eigenvalue weighted by molar-refractivity contribution is 5.94. The normalized spacial score (nSPS) is 10.7. The van der Waals surface area contributed by atoms with Crippen molar-refractivity contribution in [1.82, 2.24) is 4.98 Å². The van der Waals surface area contributed by atoms with E-state index in [0.29, 0.717) is 0 Å². The van der Waals surface area contributed by atoms with Crippen LogP contribution >= 0.6 is 0 Å². The molecule has 0 saturated carbocycles. The summed E-state index contributed by atoms with van der Waals surface area (Å²) < 4.78 is 5.32. The minimum absolute atomic E-state index is 0.876. The Morgan fingerprint density at radius 3 is 2.67 bits per heavy atom. The van der Waals surface area contributed by atoms with Crippen molar-refractivity contribution in [2.75, 3.05) is 19.5 Å². The van der Waals surface area contributed by atoms with Crippen molar-refractivity contribution in [2.45, 2.75) is 26.7 Å². The average molecular weight is 244 g/mol. The Kier molecular flexibility index (Phi) is 3.70. The predicted molar refractivity (Wildman–Crippen MR) is 76.6 cm³/mol. The van der Waals surface area contributed by atoms with Crippen LogP contribution in [0.1, 0.15) is 24.6 Å². The Morgan fingerprint density at radius 1 is 1.28 bits per heavy atom. The Morgan fingerprint density at radius 2 is 2.06 bits per heavy atom. The quantitative estimate of drug-likeness (QED) is 0.893. The van der Waals surface area contributed by atoms with Crippen LogP contribution in [0.25, 0.3) is 10.9 Å². The third kappa shape index (κ3) is 2.26. The van der Waals surface area contributed by atoms with Crippen LogP contribution < -0.4 is 10.1 Å². The molecule has 0 amide bonds. The van der Waals surface area contributed by atoms with Crippen molar-refractivity contribution in [3.63, 3.8) is 0 Å². The van der Waals surface area contributed by atoms with E-state index >= 15 is 0 Å². The summed E-state index contributed by atoms with van der Waals surface area (Å²) in [4.78, 5) is 4.75. The Labute approximate surface area is 108 Å². The molecule has 0 radical (unpaired) electrons. The number of fused-ring (bicyclic) bond motifs is 1. The number of nitrogens with one attached hydrogen (secondary N) is 1. The summed E-state index contributed by atoms with van der Waals surface area (Å²) in [5.74, 6) is 0.876. The van der Waals surface area contributed by atoms with E-state index < -0.39 is 0 Å². The molecule has 1 heterocycles. The zero-order chi connectivity index (χ0) is 13.1. The van der Waals surface area contributed by atoms with E-state index in [1.165, 1.54) is 0 Å². The summed E-state index contributed by atoms with van der Waals surface area (Å²) in [6.45, 7) is 4.25. The highest BCUT2D eigenvalue weighted by Crippen LogP contribution is 2.30. The zero-order valence-corrected chi connectivity index (χ0v) is 11.5. The van der Waals surface area contributed by atoms with Crippen LogP contribution in [0.5, 0.6) is 5.75 Å². The Bertz CT molecular complexity index is 564. The molecule has 0 saturated heterocycles. The van der Waals surface area contributed by atoms with Gasteiger partial charge in [-0.05, 0) is 37.1 Å². The number of ether oxygens (including phenoxy) is 1. The van der Waals surface area contributed by atoms with E-state index in [1.54, 1.807) is 7.11 Å². The monoisotopic (exact) mass is 244 g/mol. The third-order valence-electron chi connectivity index (χ3n) is 3.14. The van der Waals surface area contributed by atoms with Gasteiger partial charge in [-0.2, -0.15) is 0 Å². The number of rotatable bonds is 4. The molecule has 2 aromatic rings. The number of nitrogens with zero attached hydrogens (tertiary/aromatic N) is 1. The molecular formula is C15H20N2O. The number of hydrogen-bond donors (Lipinski definition) is 1. The van der Waals surface area contributed by atoms with Gasteiger partial charge in [0, 0.05) is 23.8 Å². The number of methoxy groups -OCH3 is 1. The van der Waals surface area contributed by atoms with Crippen molar-refractivity contribution in [1.29, 1.82) is 0 Å². The number of aryl methyl sites for hydroxylation is 2. The molecule has 1 aromatic heterocycles. The molecule has 0 fully saturated rings. The van der Waals surface area contributed by atoms with Gasteiger partial charge in [0.2, 0.25) is 0 Å². The second-order valence-corrected chi connectivity index (χ2v) is 4.50. The molecule has 1 aromatic carbocycles. The molecule has 0 bridgehead atoms. The van der Waals surface area contributed by atoms with Crippen LogP contribution in [0.3, 0.4) is 0 Å². The number of benzene rings is 1. The Hall–Kier alpha value is -1.77.